The minimum atomic E-state index is -0.396. The van der Waals surface area contributed by atoms with E-state index in [2.05, 4.69) is 0 Å². The van der Waals surface area contributed by atoms with E-state index in [1.807, 2.05) is 36.4 Å². The summed E-state index contributed by atoms with van der Waals surface area (Å²) in [6.07, 6.45) is 0. The van der Waals surface area contributed by atoms with Crippen LogP contribution in [0.2, 0.25) is 0 Å². The van der Waals surface area contributed by atoms with Crippen LogP contribution in [0.1, 0.15) is 27.0 Å². The van der Waals surface area contributed by atoms with Crippen LogP contribution in [-0.4, -0.2) is 26.8 Å². The molecular formula is C24H19FO4. The minimum Gasteiger partial charge on any atom is -0.497 e. The van der Waals surface area contributed by atoms with Gasteiger partial charge in [0.15, 0.2) is 0 Å². The molecule has 0 fully saturated rings. The highest BCUT2D eigenvalue weighted by Crippen LogP contribution is 2.41. The second-order valence-electron chi connectivity index (χ2n) is 6.58. The van der Waals surface area contributed by atoms with Crippen LogP contribution in [-0.2, 0) is 4.74 Å². The van der Waals surface area contributed by atoms with E-state index in [-0.39, 0.29) is 5.82 Å². The van der Waals surface area contributed by atoms with E-state index >= 15 is 0 Å². The molecule has 0 amide bonds. The minimum absolute atomic E-state index is 0.318. The number of methoxy groups -OCH3 is 2. The number of esters is 1. The molecule has 0 saturated heterocycles. The van der Waals surface area contributed by atoms with Crippen molar-refractivity contribution in [1.82, 2.24) is 0 Å². The molecule has 1 heterocycles. The Morgan fingerprint density at radius 3 is 2.14 bits per heavy atom. The zero-order valence-electron chi connectivity index (χ0n) is 16.1. The van der Waals surface area contributed by atoms with Crippen molar-refractivity contribution in [3.8, 4) is 11.5 Å². The SMILES string of the molecule is COC(=O)c1ccc(/C(=C2/COc3ccc(F)cc32)c2ccc(OC)cc2)cc1. The number of carbonyl (C=O) groups is 1. The summed E-state index contributed by atoms with van der Waals surface area (Å²) in [6.45, 7) is 0.332. The van der Waals surface area contributed by atoms with E-state index in [1.165, 1.54) is 19.2 Å². The molecule has 1 aliphatic rings. The maximum absolute atomic E-state index is 13.9. The molecule has 0 aromatic heterocycles. The van der Waals surface area contributed by atoms with Gasteiger partial charge in [-0.05, 0) is 59.2 Å². The van der Waals surface area contributed by atoms with Crippen molar-refractivity contribution in [3.63, 3.8) is 0 Å². The second-order valence-corrected chi connectivity index (χ2v) is 6.58. The van der Waals surface area contributed by atoms with E-state index in [1.54, 1.807) is 25.3 Å². The molecule has 0 bridgehead atoms. The summed E-state index contributed by atoms with van der Waals surface area (Å²) in [5.74, 6) is 0.681. The summed E-state index contributed by atoms with van der Waals surface area (Å²) in [7, 11) is 2.96. The molecule has 3 aromatic carbocycles. The van der Waals surface area contributed by atoms with Gasteiger partial charge in [-0.3, -0.25) is 0 Å². The largest absolute Gasteiger partial charge is 0.497 e. The van der Waals surface area contributed by atoms with Gasteiger partial charge in [0.1, 0.15) is 23.9 Å². The molecule has 4 rings (SSSR count). The van der Waals surface area contributed by atoms with E-state index in [9.17, 15) is 9.18 Å². The van der Waals surface area contributed by atoms with E-state index in [0.29, 0.717) is 17.9 Å². The molecule has 0 unspecified atom stereocenters. The van der Waals surface area contributed by atoms with Crippen LogP contribution >= 0.6 is 0 Å². The maximum Gasteiger partial charge on any atom is 0.337 e. The van der Waals surface area contributed by atoms with Gasteiger partial charge in [0, 0.05) is 11.1 Å². The zero-order chi connectivity index (χ0) is 20.4. The summed E-state index contributed by atoms with van der Waals surface area (Å²) in [5, 5.41) is 0. The first-order valence-corrected chi connectivity index (χ1v) is 9.09. The standard InChI is InChI=1S/C24H19FO4/c1-27-19-10-7-16(8-11-19)23(15-3-5-17(6-4-15)24(26)28-2)21-14-29-22-12-9-18(25)13-20(21)22/h3-13H,14H2,1-2H3/b23-21+. The Balaban J connectivity index is 1.89. The average molecular weight is 390 g/mol. The van der Waals surface area contributed by atoms with Gasteiger partial charge in [-0.15, -0.1) is 0 Å². The van der Waals surface area contributed by atoms with Crippen LogP contribution in [0.5, 0.6) is 11.5 Å². The molecule has 0 aliphatic carbocycles. The van der Waals surface area contributed by atoms with Gasteiger partial charge < -0.3 is 14.2 Å². The third-order valence-corrected chi connectivity index (χ3v) is 4.91. The lowest BCUT2D eigenvalue weighted by molar-refractivity contribution is 0.0600. The number of fused-ring (bicyclic) bond motifs is 1. The number of hydrogen-bond acceptors (Lipinski definition) is 4. The van der Waals surface area contributed by atoms with Gasteiger partial charge in [-0.25, -0.2) is 9.18 Å². The first kappa shape index (κ1) is 18.7. The predicted octanol–water partition coefficient (Wildman–Crippen LogP) is 4.97. The molecule has 5 heteroatoms. The van der Waals surface area contributed by atoms with Crippen LogP contribution in [0.3, 0.4) is 0 Å². The van der Waals surface area contributed by atoms with Gasteiger partial charge >= 0.3 is 5.97 Å². The Morgan fingerprint density at radius 2 is 1.52 bits per heavy atom. The fraction of sp³-hybridized carbons (Fsp3) is 0.125. The fourth-order valence-electron chi connectivity index (χ4n) is 3.46. The maximum atomic E-state index is 13.9. The number of rotatable bonds is 4. The second kappa shape index (κ2) is 7.80. The average Bonchev–Trinajstić information content (AvgIpc) is 3.17. The number of halogens is 1. The quantitative estimate of drug-likeness (QED) is 0.590. The molecular weight excluding hydrogens is 371 g/mol. The molecule has 146 valence electrons. The Hall–Kier alpha value is -3.60. The van der Waals surface area contributed by atoms with Crippen molar-refractivity contribution in [1.29, 1.82) is 0 Å². The van der Waals surface area contributed by atoms with Gasteiger partial charge in [-0.1, -0.05) is 24.3 Å². The Bertz CT molecular complexity index is 1080. The van der Waals surface area contributed by atoms with Gasteiger partial charge in [0.2, 0.25) is 0 Å². The van der Waals surface area contributed by atoms with Crippen molar-refractivity contribution < 1.29 is 23.4 Å². The van der Waals surface area contributed by atoms with Crippen LogP contribution in [0.4, 0.5) is 4.39 Å². The highest BCUT2D eigenvalue weighted by atomic mass is 19.1. The monoisotopic (exact) mass is 390 g/mol. The van der Waals surface area contributed by atoms with Crippen molar-refractivity contribution in [3.05, 3.63) is 94.8 Å². The molecule has 0 N–H and O–H groups in total. The number of ether oxygens (including phenoxy) is 3. The smallest absolute Gasteiger partial charge is 0.337 e. The normalized spacial score (nSPS) is 14.0. The molecule has 29 heavy (non-hydrogen) atoms. The number of benzene rings is 3. The lowest BCUT2D eigenvalue weighted by atomic mass is 9.90. The van der Waals surface area contributed by atoms with Crippen molar-refractivity contribution >= 4 is 17.1 Å². The molecule has 0 saturated carbocycles. The molecule has 0 radical (unpaired) electrons. The highest BCUT2D eigenvalue weighted by molar-refractivity contribution is 6.01. The van der Waals surface area contributed by atoms with E-state index in [0.717, 1.165) is 33.6 Å². The summed E-state index contributed by atoms with van der Waals surface area (Å²) < 4.78 is 29.8. The molecule has 0 atom stereocenters. The van der Waals surface area contributed by atoms with E-state index in [4.69, 9.17) is 14.2 Å². The predicted molar refractivity (Wildman–Crippen MR) is 109 cm³/mol. The first-order valence-electron chi connectivity index (χ1n) is 9.09. The van der Waals surface area contributed by atoms with Crippen molar-refractivity contribution in [2.24, 2.45) is 0 Å². The number of hydrogen-bond donors (Lipinski definition) is 0. The summed E-state index contributed by atoms with van der Waals surface area (Å²) in [6, 6.07) is 19.3. The van der Waals surface area contributed by atoms with Gasteiger partial charge in [-0.2, -0.15) is 0 Å². The highest BCUT2D eigenvalue weighted by Gasteiger charge is 2.24. The Morgan fingerprint density at radius 1 is 0.897 bits per heavy atom. The van der Waals surface area contributed by atoms with Crippen LogP contribution in [0.15, 0.2) is 66.7 Å². The molecule has 1 aliphatic heterocycles. The third-order valence-electron chi connectivity index (χ3n) is 4.91. The van der Waals surface area contributed by atoms with Crippen LogP contribution < -0.4 is 9.47 Å². The van der Waals surface area contributed by atoms with Gasteiger partial charge in [0.25, 0.3) is 0 Å². The zero-order valence-corrected chi connectivity index (χ0v) is 16.1. The summed E-state index contributed by atoms with van der Waals surface area (Å²) in [4.78, 5) is 11.8. The van der Waals surface area contributed by atoms with Crippen molar-refractivity contribution in [2.75, 3.05) is 20.8 Å². The first-order chi connectivity index (χ1) is 14.1. The topological polar surface area (TPSA) is 44.8 Å². The Labute approximate surface area is 168 Å². The molecule has 4 nitrogen and oxygen atoms in total. The lowest BCUT2D eigenvalue weighted by Gasteiger charge is -2.14. The van der Waals surface area contributed by atoms with E-state index < -0.39 is 5.97 Å². The fourth-order valence-corrected chi connectivity index (χ4v) is 3.46. The molecule has 3 aromatic rings. The third kappa shape index (κ3) is 3.59. The van der Waals surface area contributed by atoms with Gasteiger partial charge in [0.05, 0.1) is 19.8 Å². The Kier molecular flexibility index (Phi) is 5.04. The number of carbonyl (C=O) groups excluding carboxylic acids is 1. The van der Waals surface area contributed by atoms with Crippen LogP contribution in [0.25, 0.3) is 11.1 Å². The lowest BCUT2D eigenvalue weighted by Crippen LogP contribution is -2.02. The summed E-state index contributed by atoms with van der Waals surface area (Å²) >= 11 is 0. The summed E-state index contributed by atoms with van der Waals surface area (Å²) in [5.41, 5.74) is 4.81. The van der Waals surface area contributed by atoms with Crippen LogP contribution in [0, 0.1) is 5.82 Å². The van der Waals surface area contributed by atoms with Crippen molar-refractivity contribution in [2.45, 2.75) is 0 Å². The molecule has 0 spiro atoms.